The van der Waals surface area contributed by atoms with Gasteiger partial charge in [-0.2, -0.15) is 0 Å². The first-order valence-corrected chi connectivity index (χ1v) is 7.49. The van der Waals surface area contributed by atoms with Gasteiger partial charge >= 0.3 is 0 Å². The van der Waals surface area contributed by atoms with E-state index >= 15 is 0 Å². The number of hydrogen-bond donors (Lipinski definition) is 2. The number of benzene rings is 1. The molecule has 2 rings (SSSR count). The smallest absolute Gasteiger partial charge is 0.123 e. The summed E-state index contributed by atoms with van der Waals surface area (Å²) < 4.78 is 5.31. The first-order valence-electron chi connectivity index (χ1n) is 7.49. The van der Waals surface area contributed by atoms with E-state index in [1.54, 1.807) is 7.11 Å². The fourth-order valence-corrected chi connectivity index (χ4v) is 2.74. The molecule has 1 saturated carbocycles. The van der Waals surface area contributed by atoms with Crippen molar-refractivity contribution in [3.05, 3.63) is 29.3 Å². The highest BCUT2D eigenvalue weighted by Gasteiger charge is 2.24. The second kappa shape index (κ2) is 7.62. The number of nitrogens with two attached hydrogens (primary N) is 1. The number of methoxy groups -OCH3 is 1. The molecule has 3 N–H and O–H groups in total. The number of aliphatic hydroxyl groups is 1. The monoisotopic (exact) mass is 278 g/mol. The summed E-state index contributed by atoms with van der Waals surface area (Å²) in [5.74, 6) is 0.863. The van der Waals surface area contributed by atoms with Crippen molar-refractivity contribution in [2.45, 2.75) is 44.8 Å². The van der Waals surface area contributed by atoms with Gasteiger partial charge in [-0.1, -0.05) is 12.5 Å². The molecule has 20 heavy (non-hydrogen) atoms. The van der Waals surface area contributed by atoms with Crippen molar-refractivity contribution in [1.82, 2.24) is 4.90 Å². The largest absolute Gasteiger partial charge is 0.496 e. The Morgan fingerprint density at radius 2 is 2.20 bits per heavy atom. The first kappa shape index (κ1) is 15.3. The van der Waals surface area contributed by atoms with Crippen LogP contribution in [0, 0.1) is 0 Å². The van der Waals surface area contributed by atoms with E-state index in [-0.39, 0.29) is 6.61 Å². The van der Waals surface area contributed by atoms with Crippen LogP contribution in [-0.4, -0.2) is 36.3 Å². The molecule has 0 atom stereocenters. The van der Waals surface area contributed by atoms with E-state index in [1.807, 2.05) is 6.07 Å². The lowest BCUT2D eigenvalue weighted by molar-refractivity contribution is 0.109. The zero-order valence-electron chi connectivity index (χ0n) is 12.3. The molecule has 0 radical (unpaired) electrons. The van der Waals surface area contributed by atoms with Crippen LogP contribution in [0.3, 0.4) is 0 Å². The first-order chi connectivity index (χ1) is 9.78. The minimum Gasteiger partial charge on any atom is -0.496 e. The second-order valence-corrected chi connectivity index (χ2v) is 5.48. The summed E-state index contributed by atoms with van der Waals surface area (Å²) in [6, 6.07) is 6.94. The molecule has 0 aromatic heterocycles. The van der Waals surface area contributed by atoms with Gasteiger partial charge in [0.1, 0.15) is 5.75 Å². The lowest BCUT2D eigenvalue weighted by Gasteiger charge is -2.37. The Hall–Kier alpha value is -1.10. The van der Waals surface area contributed by atoms with Crippen molar-refractivity contribution in [2.75, 3.05) is 20.3 Å². The van der Waals surface area contributed by atoms with Gasteiger partial charge in [-0.05, 0) is 37.0 Å². The van der Waals surface area contributed by atoms with E-state index in [9.17, 15) is 0 Å². The van der Waals surface area contributed by atoms with Crippen LogP contribution in [0.2, 0.25) is 0 Å². The maximum atomic E-state index is 9.04. The molecular weight excluding hydrogens is 252 g/mol. The van der Waals surface area contributed by atoms with Gasteiger partial charge in [0, 0.05) is 37.8 Å². The van der Waals surface area contributed by atoms with Gasteiger partial charge in [-0.3, -0.25) is 4.90 Å². The van der Waals surface area contributed by atoms with Crippen LogP contribution in [0.5, 0.6) is 5.75 Å². The Kier molecular flexibility index (Phi) is 5.83. The quantitative estimate of drug-likeness (QED) is 0.762. The third kappa shape index (κ3) is 3.72. The molecule has 1 aliphatic rings. The van der Waals surface area contributed by atoms with Gasteiger partial charge in [0.2, 0.25) is 0 Å². The normalized spacial score (nSPS) is 15.4. The second-order valence-electron chi connectivity index (χ2n) is 5.48. The molecule has 0 spiro atoms. The van der Waals surface area contributed by atoms with Gasteiger partial charge in [0.25, 0.3) is 0 Å². The van der Waals surface area contributed by atoms with Crippen LogP contribution >= 0.6 is 0 Å². The topological polar surface area (TPSA) is 58.7 Å². The Balaban J connectivity index is 2.05. The molecule has 1 aromatic carbocycles. The Morgan fingerprint density at radius 1 is 1.40 bits per heavy atom. The molecule has 1 fully saturated rings. The summed E-state index contributed by atoms with van der Waals surface area (Å²) in [5.41, 5.74) is 8.11. The number of aliphatic hydroxyl groups excluding tert-OH is 1. The van der Waals surface area contributed by atoms with Crippen LogP contribution < -0.4 is 10.5 Å². The summed E-state index contributed by atoms with van der Waals surface area (Å²) in [6.07, 6.45) is 4.74. The summed E-state index contributed by atoms with van der Waals surface area (Å²) in [7, 11) is 1.68. The van der Waals surface area contributed by atoms with Crippen molar-refractivity contribution >= 4 is 0 Å². The van der Waals surface area contributed by atoms with Gasteiger partial charge < -0.3 is 15.6 Å². The lowest BCUT2D eigenvalue weighted by Crippen LogP contribution is -2.40. The van der Waals surface area contributed by atoms with Crippen LogP contribution in [0.25, 0.3) is 0 Å². The third-order valence-electron chi connectivity index (χ3n) is 4.14. The molecule has 1 aliphatic carbocycles. The molecule has 4 nitrogen and oxygen atoms in total. The molecule has 0 bridgehead atoms. The highest BCUT2D eigenvalue weighted by Crippen LogP contribution is 2.27. The molecule has 1 aromatic rings. The Morgan fingerprint density at radius 3 is 2.75 bits per heavy atom. The predicted octanol–water partition coefficient (Wildman–Crippen LogP) is 1.89. The Labute approximate surface area is 121 Å². The van der Waals surface area contributed by atoms with Gasteiger partial charge in [-0.25, -0.2) is 0 Å². The van der Waals surface area contributed by atoms with E-state index in [0.717, 1.165) is 30.8 Å². The van der Waals surface area contributed by atoms with Crippen LogP contribution in [0.4, 0.5) is 0 Å². The molecule has 0 heterocycles. The third-order valence-corrected chi connectivity index (χ3v) is 4.14. The maximum absolute atomic E-state index is 9.04. The summed E-state index contributed by atoms with van der Waals surface area (Å²) in [6.45, 7) is 2.66. The van der Waals surface area contributed by atoms with Crippen molar-refractivity contribution < 1.29 is 9.84 Å². The van der Waals surface area contributed by atoms with Gasteiger partial charge in [0.05, 0.1) is 7.11 Å². The lowest BCUT2D eigenvalue weighted by atomic mass is 9.91. The van der Waals surface area contributed by atoms with Crippen molar-refractivity contribution in [3.8, 4) is 5.75 Å². The average Bonchev–Trinajstić information content (AvgIpc) is 2.42. The van der Waals surface area contributed by atoms with Gasteiger partial charge in [0.15, 0.2) is 0 Å². The maximum Gasteiger partial charge on any atom is 0.123 e. The SMILES string of the molecule is COc1ccc(CN(CCCO)C2CCC2)cc1CN. The van der Waals surface area contributed by atoms with E-state index in [0.29, 0.717) is 12.6 Å². The Bertz CT molecular complexity index is 419. The van der Waals surface area contributed by atoms with Crippen LogP contribution in [0.15, 0.2) is 18.2 Å². The number of nitrogens with zero attached hydrogens (tertiary/aromatic N) is 1. The van der Waals surface area contributed by atoms with Crippen molar-refractivity contribution in [1.29, 1.82) is 0 Å². The minimum atomic E-state index is 0.264. The van der Waals surface area contributed by atoms with Crippen molar-refractivity contribution in [2.24, 2.45) is 5.73 Å². The highest BCUT2D eigenvalue weighted by molar-refractivity contribution is 5.37. The van der Waals surface area contributed by atoms with Crippen LogP contribution in [-0.2, 0) is 13.1 Å². The predicted molar refractivity (Wildman–Crippen MR) is 80.6 cm³/mol. The van der Waals surface area contributed by atoms with Crippen LogP contribution in [0.1, 0.15) is 36.8 Å². The molecule has 112 valence electrons. The zero-order valence-corrected chi connectivity index (χ0v) is 12.3. The number of rotatable bonds is 8. The summed E-state index contributed by atoms with van der Waals surface area (Å²) in [5, 5.41) is 9.04. The van der Waals surface area contributed by atoms with Crippen molar-refractivity contribution in [3.63, 3.8) is 0 Å². The highest BCUT2D eigenvalue weighted by atomic mass is 16.5. The van der Waals surface area contributed by atoms with Gasteiger partial charge in [-0.15, -0.1) is 0 Å². The molecular formula is C16H26N2O2. The summed E-state index contributed by atoms with van der Waals surface area (Å²) in [4.78, 5) is 2.49. The molecule has 0 amide bonds. The molecule has 0 unspecified atom stereocenters. The average molecular weight is 278 g/mol. The molecule has 0 saturated heterocycles. The van der Waals surface area contributed by atoms with E-state index < -0.39 is 0 Å². The van der Waals surface area contributed by atoms with E-state index in [4.69, 9.17) is 15.6 Å². The van der Waals surface area contributed by atoms with E-state index in [1.165, 1.54) is 24.8 Å². The molecule has 4 heteroatoms. The minimum absolute atomic E-state index is 0.264. The van der Waals surface area contributed by atoms with E-state index in [2.05, 4.69) is 17.0 Å². The fourth-order valence-electron chi connectivity index (χ4n) is 2.74. The fraction of sp³-hybridized carbons (Fsp3) is 0.625. The molecule has 0 aliphatic heterocycles. The number of ether oxygens (including phenoxy) is 1. The number of hydrogen-bond acceptors (Lipinski definition) is 4. The zero-order chi connectivity index (χ0) is 14.4. The standard InChI is InChI=1S/C16H26N2O2/c1-20-16-7-6-13(10-14(16)11-17)12-18(8-3-9-19)15-4-2-5-15/h6-7,10,15,19H,2-5,8-9,11-12,17H2,1H3. The summed E-state index contributed by atoms with van der Waals surface area (Å²) >= 11 is 0.